The molecule has 0 amide bonds. The summed E-state index contributed by atoms with van der Waals surface area (Å²) in [7, 11) is 0. The van der Waals surface area contributed by atoms with Gasteiger partial charge in [-0.3, -0.25) is 0 Å². The lowest BCUT2D eigenvalue weighted by molar-refractivity contribution is 0.557. The summed E-state index contributed by atoms with van der Waals surface area (Å²) in [5, 5.41) is 11.8. The Balaban J connectivity index is 1.90. The number of halogens is 1. The summed E-state index contributed by atoms with van der Waals surface area (Å²) >= 11 is 11.4. The van der Waals surface area contributed by atoms with E-state index in [2.05, 4.69) is 15.3 Å². The second kappa shape index (κ2) is 6.55. The topological polar surface area (TPSA) is 59.1 Å². The van der Waals surface area contributed by atoms with Gasteiger partial charge in [0, 0.05) is 11.8 Å². The molecule has 22 heavy (non-hydrogen) atoms. The Morgan fingerprint density at radius 1 is 1.27 bits per heavy atom. The third kappa shape index (κ3) is 3.08. The fraction of sp³-hybridized carbons (Fsp3) is 0. The van der Waals surface area contributed by atoms with Crippen molar-refractivity contribution in [2.75, 3.05) is 0 Å². The molecule has 0 aliphatic heterocycles. The van der Waals surface area contributed by atoms with Crippen molar-refractivity contribution in [2.45, 2.75) is 0 Å². The Bertz CT molecular complexity index is 877. The first kappa shape index (κ1) is 14.5. The van der Waals surface area contributed by atoms with E-state index >= 15 is 0 Å². The molecule has 0 unspecified atom stereocenters. The third-order valence-electron chi connectivity index (χ3n) is 2.84. The minimum absolute atomic E-state index is 0.387. The maximum atomic E-state index is 6.19. The van der Waals surface area contributed by atoms with E-state index in [-0.39, 0.29) is 0 Å². The second-order valence-electron chi connectivity index (χ2n) is 4.28. The van der Waals surface area contributed by atoms with Gasteiger partial charge in [-0.05, 0) is 48.6 Å². The van der Waals surface area contributed by atoms with Gasteiger partial charge in [0.25, 0.3) is 0 Å². The van der Waals surface area contributed by atoms with E-state index in [4.69, 9.17) is 28.2 Å². The summed E-state index contributed by atoms with van der Waals surface area (Å²) in [4.78, 5) is 0. The molecule has 0 aliphatic rings. The number of hydrogen-bond donors (Lipinski definition) is 1. The van der Waals surface area contributed by atoms with Gasteiger partial charge in [0.15, 0.2) is 5.82 Å². The van der Waals surface area contributed by atoms with Crippen LogP contribution in [0.2, 0.25) is 5.02 Å². The quantitative estimate of drug-likeness (QED) is 0.569. The lowest BCUT2D eigenvalue weighted by Crippen LogP contribution is -1.94. The number of nitrogens with zero attached hydrogens (tertiary/aromatic N) is 3. The zero-order chi connectivity index (χ0) is 15.4. The van der Waals surface area contributed by atoms with Crippen LogP contribution in [0.1, 0.15) is 5.76 Å². The molecule has 0 bridgehead atoms. The van der Waals surface area contributed by atoms with Gasteiger partial charge in [-0.15, -0.1) is 0 Å². The highest BCUT2D eigenvalue weighted by molar-refractivity contribution is 7.71. The smallest absolute Gasteiger partial charge is 0.216 e. The molecule has 0 saturated carbocycles. The average Bonchev–Trinajstić information content (AvgIpc) is 3.15. The molecular formula is C15H11ClN4OS. The van der Waals surface area contributed by atoms with Crippen LogP contribution in [0.3, 0.4) is 0 Å². The van der Waals surface area contributed by atoms with Crippen LogP contribution < -0.4 is 0 Å². The zero-order valence-electron chi connectivity index (χ0n) is 11.3. The summed E-state index contributed by atoms with van der Waals surface area (Å²) in [6, 6.07) is 11.1. The van der Waals surface area contributed by atoms with E-state index in [0.717, 1.165) is 11.3 Å². The molecule has 0 radical (unpaired) electrons. The van der Waals surface area contributed by atoms with Crippen molar-refractivity contribution in [1.29, 1.82) is 0 Å². The number of H-pyrrole nitrogens is 1. The second-order valence-corrected chi connectivity index (χ2v) is 5.08. The highest BCUT2D eigenvalue weighted by atomic mass is 35.5. The van der Waals surface area contributed by atoms with Crippen molar-refractivity contribution in [1.82, 2.24) is 14.9 Å². The van der Waals surface area contributed by atoms with Crippen molar-refractivity contribution < 1.29 is 4.42 Å². The van der Waals surface area contributed by atoms with Crippen LogP contribution in [0.15, 0.2) is 58.3 Å². The Hall–Kier alpha value is -2.44. The lowest BCUT2D eigenvalue weighted by atomic mass is 10.2. The largest absolute Gasteiger partial charge is 0.465 e. The fourth-order valence-electron chi connectivity index (χ4n) is 1.84. The molecule has 5 nitrogen and oxygen atoms in total. The number of hydrogen-bond acceptors (Lipinski definition) is 4. The van der Waals surface area contributed by atoms with Crippen LogP contribution in [0.25, 0.3) is 17.5 Å². The molecule has 7 heteroatoms. The van der Waals surface area contributed by atoms with Gasteiger partial charge in [-0.2, -0.15) is 14.9 Å². The number of furan rings is 1. The first-order valence-corrected chi connectivity index (χ1v) is 7.21. The minimum Gasteiger partial charge on any atom is -0.465 e. The molecule has 0 atom stereocenters. The minimum atomic E-state index is 0.387. The van der Waals surface area contributed by atoms with E-state index < -0.39 is 0 Å². The molecule has 1 N–H and O–H groups in total. The van der Waals surface area contributed by atoms with Crippen LogP contribution in [0.5, 0.6) is 0 Å². The summed E-state index contributed by atoms with van der Waals surface area (Å²) in [5.41, 5.74) is 0.753. The predicted molar refractivity (Wildman–Crippen MR) is 89.5 cm³/mol. The van der Waals surface area contributed by atoms with E-state index in [1.54, 1.807) is 30.7 Å². The highest BCUT2D eigenvalue weighted by Gasteiger charge is 2.10. The Morgan fingerprint density at radius 3 is 2.91 bits per heavy atom. The molecule has 3 aromatic rings. The van der Waals surface area contributed by atoms with Crippen LogP contribution in [-0.2, 0) is 0 Å². The number of rotatable bonds is 4. The van der Waals surface area contributed by atoms with Gasteiger partial charge in [-0.1, -0.05) is 23.7 Å². The monoisotopic (exact) mass is 330 g/mol. The first-order chi connectivity index (χ1) is 10.8. The third-order valence-corrected chi connectivity index (χ3v) is 3.43. The molecule has 110 valence electrons. The average molecular weight is 331 g/mol. The summed E-state index contributed by atoms with van der Waals surface area (Å²) in [6.45, 7) is 0. The van der Waals surface area contributed by atoms with Gasteiger partial charge < -0.3 is 4.42 Å². The van der Waals surface area contributed by atoms with Crippen LogP contribution in [-0.4, -0.2) is 21.1 Å². The number of aromatic nitrogens is 3. The molecular weight excluding hydrogens is 320 g/mol. The number of aromatic amines is 1. The van der Waals surface area contributed by atoms with Gasteiger partial charge >= 0.3 is 0 Å². The molecule has 0 fully saturated rings. The summed E-state index contributed by atoms with van der Waals surface area (Å²) in [6.07, 6.45) is 6.76. The van der Waals surface area contributed by atoms with E-state index in [0.29, 0.717) is 15.6 Å². The molecule has 0 spiro atoms. The summed E-state index contributed by atoms with van der Waals surface area (Å²) in [5.74, 6) is 1.30. The van der Waals surface area contributed by atoms with Crippen LogP contribution >= 0.6 is 23.8 Å². The Morgan fingerprint density at radius 2 is 2.14 bits per heavy atom. The normalized spacial score (nSPS) is 11.7. The fourth-order valence-corrected chi connectivity index (χ4v) is 2.24. The molecule has 0 aliphatic carbocycles. The van der Waals surface area contributed by atoms with Crippen molar-refractivity contribution in [2.24, 2.45) is 5.10 Å². The zero-order valence-corrected chi connectivity index (χ0v) is 12.9. The maximum Gasteiger partial charge on any atom is 0.216 e. The van der Waals surface area contributed by atoms with Gasteiger partial charge in [0.1, 0.15) is 5.76 Å². The van der Waals surface area contributed by atoms with Gasteiger partial charge in [-0.25, -0.2) is 5.10 Å². The Kier molecular flexibility index (Phi) is 4.32. The first-order valence-electron chi connectivity index (χ1n) is 6.42. The van der Waals surface area contributed by atoms with Crippen LogP contribution in [0, 0.1) is 4.77 Å². The van der Waals surface area contributed by atoms with Gasteiger partial charge in [0.05, 0.1) is 11.3 Å². The standard InChI is InChI=1S/C15H11ClN4OS/c16-13-8-2-1-7-12(13)14-18-19-15(22)20(14)17-9-3-5-11-6-4-10-21-11/h1-10H,(H,19,22). The van der Waals surface area contributed by atoms with E-state index in [1.165, 1.54) is 4.68 Å². The van der Waals surface area contributed by atoms with Crippen molar-refractivity contribution in [3.05, 3.63) is 64.3 Å². The highest BCUT2D eigenvalue weighted by Crippen LogP contribution is 2.25. The predicted octanol–water partition coefficient (Wildman–Crippen LogP) is 4.40. The number of nitrogens with one attached hydrogen (secondary N) is 1. The molecule has 1 aromatic carbocycles. The number of benzene rings is 1. The Labute approximate surface area is 136 Å². The van der Waals surface area contributed by atoms with E-state index in [1.807, 2.05) is 30.3 Å². The molecule has 2 aromatic heterocycles. The molecule has 0 saturated heterocycles. The van der Waals surface area contributed by atoms with Crippen molar-refractivity contribution >= 4 is 36.1 Å². The molecule has 2 heterocycles. The summed E-state index contributed by atoms with van der Waals surface area (Å²) < 4.78 is 7.09. The number of allylic oxidation sites excluding steroid dienone is 1. The van der Waals surface area contributed by atoms with E-state index in [9.17, 15) is 0 Å². The van der Waals surface area contributed by atoms with Gasteiger partial charge in [0.2, 0.25) is 4.77 Å². The lowest BCUT2D eigenvalue weighted by Gasteiger charge is -2.02. The van der Waals surface area contributed by atoms with Crippen LogP contribution in [0.4, 0.5) is 0 Å². The molecule has 3 rings (SSSR count). The SMILES string of the molecule is S=c1[nH]nc(-c2ccccc2Cl)n1N=CC=Cc1ccco1. The van der Waals surface area contributed by atoms with Crippen molar-refractivity contribution in [3.63, 3.8) is 0 Å². The van der Waals surface area contributed by atoms with Crippen molar-refractivity contribution in [3.8, 4) is 11.4 Å². The maximum absolute atomic E-state index is 6.19.